The monoisotopic (exact) mass is 659 g/mol. The number of phenolic OH excluding ortho intramolecular Hbond substituents is 1. The number of benzene rings is 2. The van der Waals surface area contributed by atoms with Gasteiger partial charge in [0.05, 0.1) is 18.3 Å². The summed E-state index contributed by atoms with van der Waals surface area (Å²) in [5.74, 6) is -0.291. The molecule has 0 aliphatic carbocycles. The molecule has 0 aromatic heterocycles. The first-order valence-corrected chi connectivity index (χ1v) is 12.5. The quantitative estimate of drug-likeness (QED) is 0.292. The third-order valence-electron chi connectivity index (χ3n) is 4.35. The van der Waals surface area contributed by atoms with Gasteiger partial charge in [-0.15, -0.1) is 0 Å². The first-order chi connectivity index (χ1) is 13.7. The van der Waals surface area contributed by atoms with Crippen molar-refractivity contribution in [2.75, 3.05) is 6.54 Å². The molecule has 0 radical (unpaired) electrons. The van der Waals surface area contributed by atoms with Crippen molar-refractivity contribution < 1.29 is 18.3 Å². The van der Waals surface area contributed by atoms with Crippen LogP contribution in [0.1, 0.15) is 18.4 Å². The molecule has 1 saturated heterocycles. The molecule has 29 heavy (non-hydrogen) atoms. The second-order valence-electron chi connectivity index (χ2n) is 6.30. The van der Waals surface area contributed by atoms with Crippen LogP contribution in [-0.2, 0) is 14.8 Å². The number of amides is 1. The first kappa shape index (κ1) is 22.7. The zero-order valence-electron chi connectivity index (χ0n) is 14.8. The van der Waals surface area contributed by atoms with Crippen LogP contribution in [0.2, 0.25) is 5.02 Å². The van der Waals surface area contributed by atoms with E-state index in [2.05, 4.69) is 10.5 Å². The summed E-state index contributed by atoms with van der Waals surface area (Å²) < 4.78 is 28.3. The molecule has 0 saturated carbocycles. The smallest absolute Gasteiger partial charge is 0.258 e. The maximum atomic E-state index is 12.9. The minimum Gasteiger partial charge on any atom is -0.506 e. The Labute approximate surface area is 200 Å². The number of halogens is 3. The van der Waals surface area contributed by atoms with Crippen molar-refractivity contribution in [3.63, 3.8) is 0 Å². The highest BCUT2D eigenvalue weighted by molar-refractivity contribution is 14.1. The molecule has 0 unspecified atom stereocenters. The lowest BCUT2D eigenvalue weighted by Crippen LogP contribution is -2.44. The lowest BCUT2D eigenvalue weighted by Gasteiger charge is -2.22. The molecule has 7 nitrogen and oxygen atoms in total. The Bertz CT molecular complexity index is 1040. The number of carbonyl (C=O) groups is 1. The molecular formula is C18H16ClI2N3O4S. The number of sulfonamides is 1. The average Bonchev–Trinajstić information content (AvgIpc) is 3.17. The van der Waals surface area contributed by atoms with Gasteiger partial charge in [0, 0.05) is 11.6 Å². The van der Waals surface area contributed by atoms with Crippen LogP contribution in [0.15, 0.2) is 46.4 Å². The number of phenols is 1. The Kier molecular flexibility index (Phi) is 7.41. The SMILES string of the molecule is O=C(N/N=C\c1cc(I)c(O)c(I)c1)[C@@H]1CCCN1S(=O)(=O)c1ccc(Cl)cc1. The van der Waals surface area contributed by atoms with E-state index in [-0.39, 0.29) is 17.2 Å². The van der Waals surface area contributed by atoms with Crippen molar-refractivity contribution in [2.45, 2.75) is 23.8 Å². The van der Waals surface area contributed by atoms with Crippen molar-refractivity contribution >= 4 is 78.9 Å². The summed E-state index contributed by atoms with van der Waals surface area (Å²) in [5, 5.41) is 14.2. The van der Waals surface area contributed by atoms with Crippen LogP contribution < -0.4 is 5.43 Å². The van der Waals surface area contributed by atoms with Gasteiger partial charge in [0.2, 0.25) is 10.0 Å². The highest BCUT2D eigenvalue weighted by Crippen LogP contribution is 2.28. The van der Waals surface area contributed by atoms with Crippen LogP contribution >= 0.6 is 56.8 Å². The topological polar surface area (TPSA) is 99.1 Å². The number of nitrogens with zero attached hydrogens (tertiary/aromatic N) is 2. The molecule has 1 aliphatic heterocycles. The summed E-state index contributed by atoms with van der Waals surface area (Å²) in [6, 6.07) is 8.48. The van der Waals surface area contributed by atoms with Gasteiger partial charge in [-0.2, -0.15) is 9.41 Å². The number of nitrogens with one attached hydrogen (secondary N) is 1. The first-order valence-electron chi connectivity index (χ1n) is 8.48. The minimum absolute atomic E-state index is 0.0957. The maximum Gasteiger partial charge on any atom is 0.258 e. The zero-order valence-corrected chi connectivity index (χ0v) is 20.7. The number of hydrogen-bond donors (Lipinski definition) is 2. The Morgan fingerprint density at radius 1 is 1.24 bits per heavy atom. The molecule has 2 N–H and O–H groups in total. The molecule has 11 heteroatoms. The number of hydrazone groups is 1. The van der Waals surface area contributed by atoms with Crippen LogP contribution in [0, 0.1) is 7.14 Å². The van der Waals surface area contributed by atoms with Crippen LogP contribution in [-0.4, -0.2) is 42.5 Å². The van der Waals surface area contributed by atoms with E-state index in [4.69, 9.17) is 11.6 Å². The van der Waals surface area contributed by atoms with E-state index in [1.807, 2.05) is 45.2 Å². The zero-order chi connectivity index (χ0) is 21.2. The predicted octanol–water partition coefficient (Wildman–Crippen LogP) is 3.56. The maximum absolute atomic E-state index is 12.9. The molecule has 2 aromatic rings. The molecule has 3 rings (SSSR count). The normalized spacial score (nSPS) is 17.7. The molecule has 0 bridgehead atoms. The summed E-state index contributed by atoms with van der Waals surface area (Å²) >= 11 is 9.84. The third-order valence-corrected chi connectivity index (χ3v) is 8.17. The summed E-state index contributed by atoms with van der Waals surface area (Å²) in [5.41, 5.74) is 3.13. The molecule has 1 amide bonds. The van der Waals surface area contributed by atoms with Crippen LogP contribution in [0.5, 0.6) is 5.75 Å². The summed E-state index contributed by atoms with van der Waals surface area (Å²) in [4.78, 5) is 12.7. The molecule has 1 aliphatic rings. The van der Waals surface area contributed by atoms with Crippen LogP contribution in [0.3, 0.4) is 0 Å². The van der Waals surface area contributed by atoms with Crippen molar-refractivity contribution in [2.24, 2.45) is 5.10 Å². The predicted molar refractivity (Wildman–Crippen MR) is 128 cm³/mol. The summed E-state index contributed by atoms with van der Waals surface area (Å²) in [6.45, 7) is 0.265. The average molecular weight is 660 g/mol. The van der Waals surface area contributed by atoms with Gasteiger partial charge in [0.25, 0.3) is 5.91 Å². The Hall–Kier alpha value is -0.960. The molecule has 1 atom stereocenters. The highest BCUT2D eigenvalue weighted by atomic mass is 127. The van der Waals surface area contributed by atoms with Gasteiger partial charge < -0.3 is 5.11 Å². The van der Waals surface area contributed by atoms with E-state index in [1.54, 1.807) is 12.1 Å². The minimum atomic E-state index is -3.81. The van der Waals surface area contributed by atoms with Gasteiger partial charge in [-0.1, -0.05) is 11.6 Å². The second kappa shape index (κ2) is 9.45. The van der Waals surface area contributed by atoms with Gasteiger partial charge in [-0.05, 0) is 100.0 Å². The van der Waals surface area contributed by atoms with Gasteiger partial charge >= 0.3 is 0 Å². The van der Waals surface area contributed by atoms with E-state index in [0.29, 0.717) is 30.6 Å². The van der Waals surface area contributed by atoms with E-state index in [1.165, 1.54) is 34.8 Å². The third kappa shape index (κ3) is 5.21. The van der Waals surface area contributed by atoms with E-state index >= 15 is 0 Å². The van der Waals surface area contributed by atoms with Gasteiger partial charge in [0.1, 0.15) is 11.8 Å². The van der Waals surface area contributed by atoms with Crippen molar-refractivity contribution in [3.05, 3.63) is 54.1 Å². The fraction of sp³-hybridized carbons (Fsp3) is 0.222. The van der Waals surface area contributed by atoms with E-state index in [9.17, 15) is 18.3 Å². The number of rotatable bonds is 5. The van der Waals surface area contributed by atoms with Crippen LogP contribution in [0.4, 0.5) is 0 Å². The summed E-state index contributed by atoms with van der Waals surface area (Å²) in [7, 11) is -3.81. The van der Waals surface area contributed by atoms with Crippen LogP contribution in [0.25, 0.3) is 0 Å². The largest absolute Gasteiger partial charge is 0.506 e. The van der Waals surface area contributed by atoms with Gasteiger partial charge in [-0.3, -0.25) is 4.79 Å². The fourth-order valence-corrected chi connectivity index (χ4v) is 6.54. The molecule has 2 aromatic carbocycles. The molecule has 154 valence electrons. The molecule has 1 heterocycles. The lowest BCUT2D eigenvalue weighted by molar-refractivity contribution is -0.124. The summed E-state index contributed by atoms with van der Waals surface area (Å²) in [6.07, 6.45) is 2.46. The van der Waals surface area contributed by atoms with Crippen molar-refractivity contribution in [1.29, 1.82) is 0 Å². The standard InChI is InChI=1S/C18H16ClI2N3O4S/c19-12-3-5-13(6-4-12)29(27,28)24-7-1-2-16(24)18(26)23-22-10-11-8-14(20)17(25)15(21)9-11/h3-6,8-10,16,25H,1-2,7H2,(H,23,26)/b22-10-/t16-/m0/s1. The molecule has 0 spiro atoms. The van der Waals surface area contributed by atoms with Crippen molar-refractivity contribution in [3.8, 4) is 5.75 Å². The number of aromatic hydroxyl groups is 1. The van der Waals surface area contributed by atoms with E-state index < -0.39 is 22.0 Å². The molecular weight excluding hydrogens is 644 g/mol. The van der Waals surface area contributed by atoms with Crippen molar-refractivity contribution in [1.82, 2.24) is 9.73 Å². The Morgan fingerprint density at radius 2 is 1.86 bits per heavy atom. The Morgan fingerprint density at radius 3 is 2.48 bits per heavy atom. The number of carbonyl (C=O) groups excluding carboxylic acids is 1. The van der Waals surface area contributed by atoms with Gasteiger partial charge in [-0.25, -0.2) is 13.8 Å². The number of hydrogen-bond acceptors (Lipinski definition) is 5. The Balaban J connectivity index is 1.72. The highest BCUT2D eigenvalue weighted by Gasteiger charge is 2.39. The van der Waals surface area contributed by atoms with E-state index in [0.717, 1.165) is 0 Å². The fourth-order valence-electron chi connectivity index (χ4n) is 2.94. The van der Waals surface area contributed by atoms with Gasteiger partial charge in [0.15, 0.2) is 0 Å². The lowest BCUT2D eigenvalue weighted by atomic mass is 10.2. The second-order valence-corrected chi connectivity index (χ2v) is 10.9. The molecule has 1 fully saturated rings.